The maximum atomic E-state index is 3.71. The van der Waals surface area contributed by atoms with Crippen molar-refractivity contribution in [1.29, 1.82) is 0 Å². The molecule has 0 bridgehead atoms. The van der Waals surface area contributed by atoms with Crippen LogP contribution in [-0.4, -0.2) is 29.1 Å². The molecule has 2 heteroatoms. The predicted octanol–water partition coefficient (Wildman–Crippen LogP) is 3.04. The first kappa shape index (κ1) is 13.6. The highest BCUT2D eigenvalue weighted by Crippen LogP contribution is 2.27. The summed E-state index contributed by atoms with van der Waals surface area (Å²) in [6.07, 6.45) is 1.17. The molecule has 1 aromatic carbocycles. The first-order valence-corrected chi connectivity index (χ1v) is 6.99. The number of nitrogens with one attached hydrogen (secondary N) is 1. The quantitative estimate of drug-likeness (QED) is 0.882. The fourth-order valence-corrected chi connectivity index (χ4v) is 2.54. The smallest absolute Gasteiger partial charge is 0.0282 e. The molecule has 2 nitrogen and oxygen atoms in total. The molecule has 1 atom stereocenters. The van der Waals surface area contributed by atoms with E-state index in [1.165, 1.54) is 12.0 Å². The molecule has 0 aromatic heterocycles. The van der Waals surface area contributed by atoms with Crippen LogP contribution < -0.4 is 5.32 Å². The van der Waals surface area contributed by atoms with Crippen LogP contribution in [0.4, 0.5) is 0 Å². The second kappa shape index (κ2) is 5.02. The van der Waals surface area contributed by atoms with Gasteiger partial charge < -0.3 is 5.32 Å². The van der Waals surface area contributed by atoms with E-state index in [4.69, 9.17) is 0 Å². The lowest BCUT2D eigenvalue weighted by Crippen LogP contribution is -2.66. The van der Waals surface area contributed by atoms with Gasteiger partial charge in [0.05, 0.1) is 0 Å². The van der Waals surface area contributed by atoms with Crippen LogP contribution in [0, 0.1) is 0 Å². The third-order valence-electron chi connectivity index (χ3n) is 4.34. The van der Waals surface area contributed by atoms with E-state index >= 15 is 0 Å². The van der Waals surface area contributed by atoms with Gasteiger partial charge in [-0.15, -0.1) is 0 Å². The van der Waals surface area contributed by atoms with Gasteiger partial charge in [-0.2, -0.15) is 0 Å². The number of piperazine rings is 1. The summed E-state index contributed by atoms with van der Waals surface area (Å²) in [6, 6.07) is 10.8. The van der Waals surface area contributed by atoms with Gasteiger partial charge in [-0.05, 0) is 32.8 Å². The van der Waals surface area contributed by atoms with E-state index in [0.29, 0.717) is 0 Å². The Bertz CT molecular complexity index is 385. The molecule has 0 saturated carbocycles. The average Bonchev–Trinajstić information content (AvgIpc) is 2.36. The molecule has 0 amide bonds. The zero-order valence-corrected chi connectivity index (χ0v) is 12.2. The molecule has 2 rings (SSSR count). The van der Waals surface area contributed by atoms with Crippen molar-refractivity contribution in [3.8, 4) is 0 Å². The van der Waals surface area contributed by atoms with Crippen molar-refractivity contribution in [3.63, 3.8) is 0 Å². The summed E-state index contributed by atoms with van der Waals surface area (Å²) < 4.78 is 0. The third-order valence-corrected chi connectivity index (χ3v) is 4.34. The molecule has 1 unspecified atom stereocenters. The van der Waals surface area contributed by atoms with E-state index in [2.05, 4.69) is 68.2 Å². The van der Waals surface area contributed by atoms with Crippen molar-refractivity contribution in [2.75, 3.05) is 13.1 Å². The maximum absolute atomic E-state index is 3.71. The molecular formula is C16H26N2. The van der Waals surface area contributed by atoms with Crippen molar-refractivity contribution in [1.82, 2.24) is 10.2 Å². The topological polar surface area (TPSA) is 15.3 Å². The highest BCUT2D eigenvalue weighted by Gasteiger charge is 2.38. The molecule has 1 saturated heterocycles. The molecule has 1 aromatic rings. The average molecular weight is 246 g/mol. The Morgan fingerprint density at radius 3 is 2.44 bits per heavy atom. The summed E-state index contributed by atoms with van der Waals surface area (Å²) in [5, 5.41) is 3.71. The first-order chi connectivity index (χ1) is 8.45. The summed E-state index contributed by atoms with van der Waals surface area (Å²) in [6.45, 7) is 12.5. The van der Waals surface area contributed by atoms with Crippen LogP contribution in [0.25, 0.3) is 0 Å². The van der Waals surface area contributed by atoms with Crippen LogP contribution in [0.3, 0.4) is 0 Å². The van der Waals surface area contributed by atoms with Crippen LogP contribution >= 0.6 is 0 Å². The largest absolute Gasteiger partial charge is 0.308 e. The molecule has 1 aliphatic heterocycles. The fourth-order valence-electron chi connectivity index (χ4n) is 2.54. The molecule has 1 fully saturated rings. The highest BCUT2D eigenvalue weighted by atomic mass is 15.3. The van der Waals surface area contributed by atoms with Crippen molar-refractivity contribution in [2.24, 2.45) is 0 Å². The molecule has 0 aliphatic carbocycles. The standard InChI is InChI=1S/C16H26N2/c1-5-16(4)13-18(15(2,3)12-17-16)11-14-9-7-6-8-10-14/h6-10,17H,5,11-13H2,1-4H3. The van der Waals surface area contributed by atoms with Gasteiger partial charge in [0.2, 0.25) is 0 Å². The minimum Gasteiger partial charge on any atom is -0.308 e. The zero-order chi connectivity index (χ0) is 13.2. The van der Waals surface area contributed by atoms with Crippen molar-refractivity contribution >= 4 is 0 Å². The second-order valence-electron chi connectivity index (χ2n) is 6.42. The monoisotopic (exact) mass is 246 g/mol. The van der Waals surface area contributed by atoms with Gasteiger partial charge in [-0.25, -0.2) is 0 Å². The van der Waals surface area contributed by atoms with E-state index in [1.807, 2.05) is 0 Å². The normalized spacial score (nSPS) is 28.2. The van der Waals surface area contributed by atoms with Crippen LogP contribution in [-0.2, 0) is 6.54 Å². The summed E-state index contributed by atoms with van der Waals surface area (Å²) in [5.41, 5.74) is 1.89. The second-order valence-corrected chi connectivity index (χ2v) is 6.42. The van der Waals surface area contributed by atoms with Crippen LogP contribution in [0.15, 0.2) is 30.3 Å². The highest BCUT2D eigenvalue weighted by molar-refractivity contribution is 5.15. The van der Waals surface area contributed by atoms with E-state index in [1.54, 1.807) is 0 Å². The summed E-state index contributed by atoms with van der Waals surface area (Å²) in [4.78, 5) is 2.61. The van der Waals surface area contributed by atoms with Gasteiger partial charge in [0.25, 0.3) is 0 Å². The molecule has 1 aliphatic rings. The van der Waals surface area contributed by atoms with Crippen LogP contribution in [0.2, 0.25) is 0 Å². The molecule has 100 valence electrons. The Morgan fingerprint density at radius 2 is 1.83 bits per heavy atom. The number of rotatable bonds is 3. The number of benzene rings is 1. The third kappa shape index (κ3) is 2.93. The lowest BCUT2D eigenvalue weighted by atomic mass is 9.88. The zero-order valence-electron chi connectivity index (χ0n) is 12.2. The van der Waals surface area contributed by atoms with Crippen molar-refractivity contribution in [3.05, 3.63) is 35.9 Å². The number of nitrogens with zero attached hydrogens (tertiary/aromatic N) is 1. The van der Waals surface area contributed by atoms with Crippen molar-refractivity contribution in [2.45, 2.75) is 51.7 Å². The first-order valence-electron chi connectivity index (χ1n) is 6.99. The van der Waals surface area contributed by atoms with E-state index in [0.717, 1.165) is 19.6 Å². The summed E-state index contributed by atoms with van der Waals surface area (Å²) >= 11 is 0. The molecular weight excluding hydrogens is 220 g/mol. The Balaban J connectivity index is 2.13. The molecule has 0 spiro atoms. The molecule has 0 radical (unpaired) electrons. The van der Waals surface area contributed by atoms with Crippen LogP contribution in [0.5, 0.6) is 0 Å². The number of hydrogen-bond acceptors (Lipinski definition) is 2. The minimum absolute atomic E-state index is 0.227. The van der Waals surface area contributed by atoms with Crippen molar-refractivity contribution < 1.29 is 0 Å². The predicted molar refractivity (Wildman–Crippen MR) is 77.6 cm³/mol. The Kier molecular flexibility index (Phi) is 3.79. The maximum Gasteiger partial charge on any atom is 0.0282 e. The van der Waals surface area contributed by atoms with Gasteiger partial charge in [-0.3, -0.25) is 4.90 Å². The van der Waals surface area contributed by atoms with Gasteiger partial charge in [0.15, 0.2) is 0 Å². The summed E-state index contributed by atoms with van der Waals surface area (Å²) in [7, 11) is 0. The minimum atomic E-state index is 0.227. The SMILES string of the molecule is CCC1(C)CN(Cc2ccccc2)C(C)(C)CN1. The Labute approximate surface area is 111 Å². The Morgan fingerprint density at radius 1 is 1.17 bits per heavy atom. The molecule has 1 heterocycles. The Hall–Kier alpha value is -0.860. The molecule has 18 heavy (non-hydrogen) atoms. The van der Waals surface area contributed by atoms with Gasteiger partial charge in [0, 0.05) is 30.7 Å². The lowest BCUT2D eigenvalue weighted by molar-refractivity contribution is 0.0246. The van der Waals surface area contributed by atoms with Gasteiger partial charge >= 0.3 is 0 Å². The lowest BCUT2D eigenvalue weighted by Gasteiger charge is -2.50. The van der Waals surface area contributed by atoms with E-state index < -0.39 is 0 Å². The van der Waals surface area contributed by atoms with E-state index in [-0.39, 0.29) is 11.1 Å². The van der Waals surface area contributed by atoms with Gasteiger partial charge in [0.1, 0.15) is 0 Å². The number of hydrogen-bond donors (Lipinski definition) is 1. The van der Waals surface area contributed by atoms with Gasteiger partial charge in [-0.1, -0.05) is 37.3 Å². The van der Waals surface area contributed by atoms with Crippen LogP contribution in [0.1, 0.15) is 39.7 Å². The van der Waals surface area contributed by atoms with E-state index in [9.17, 15) is 0 Å². The molecule has 1 N–H and O–H groups in total. The fraction of sp³-hybridized carbons (Fsp3) is 0.625. The summed E-state index contributed by atoms with van der Waals surface area (Å²) in [5.74, 6) is 0.